The van der Waals surface area contributed by atoms with E-state index in [0.717, 1.165) is 30.2 Å². The minimum absolute atomic E-state index is 0.0666. The molecule has 0 saturated heterocycles. The van der Waals surface area contributed by atoms with E-state index in [1.165, 1.54) is 12.8 Å². The maximum absolute atomic E-state index is 9.25. The van der Waals surface area contributed by atoms with E-state index in [-0.39, 0.29) is 6.61 Å². The largest absolute Gasteiger partial charge is 0.392 e. The number of aromatic nitrogens is 1. The highest BCUT2D eigenvalue weighted by molar-refractivity contribution is 5.41. The van der Waals surface area contributed by atoms with Crippen LogP contribution in [0.5, 0.6) is 0 Å². The number of rotatable bonds is 8. The summed E-state index contributed by atoms with van der Waals surface area (Å²) in [4.78, 5) is 7.05. The summed E-state index contributed by atoms with van der Waals surface area (Å²) in [5.74, 6) is 2.45. The van der Waals surface area contributed by atoms with Crippen molar-refractivity contribution in [3.63, 3.8) is 0 Å². The van der Waals surface area contributed by atoms with Crippen molar-refractivity contribution in [2.24, 2.45) is 11.8 Å². The lowest BCUT2D eigenvalue weighted by Crippen LogP contribution is -2.28. The number of hydrogen-bond acceptors (Lipinski definition) is 3. The van der Waals surface area contributed by atoms with Gasteiger partial charge in [0.05, 0.1) is 6.61 Å². The van der Waals surface area contributed by atoms with Gasteiger partial charge in [-0.2, -0.15) is 0 Å². The number of nitrogens with zero attached hydrogens (tertiary/aromatic N) is 2. The molecule has 0 aromatic carbocycles. The SMILES string of the molecule is Cc1nc(N(CCC(C)C)CCC(C)C)ccc1CO. The minimum Gasteiger partial charge on any atom is -0.392 e. The molecule has 0 unspecified atom stereocenters. The summed E-state index contributed by atoms with van der Waals surface area (Å²) in [6.07, 6.45) is 2.36. The first kappa shape index (κ1) is 17.0. The van der Waals surface area contributed by atoms with Crippen molar-refractivity contribution >= 4 is 5.82 Å². The monoisotopic (exact) mass is 278 g/mol. The molecule has 1 aromatic rings. The molecule has 1 rings (SSSR count). The third-order valence-electron chi connectivity index (χ3n) is 3.63. The fraction of sp³-hybridized carbons (Fsp3) is 0.706. The maximum atomic E-state index is 9.25. The number of hydrogen-bond donors (Lipinski definition) is 1. The Morgan fingerprint density at radius 1 is 1.05 bits per heavy atom. The zero-order valence-electron chi connectivity index (χ0n) is 13.7. The molecule has 0 bridgehead atoms. The van der Waals surface area contributed by atoms with E-state index in [9.17, 15) is 5.11 Å². The van der Waals surface area contributed by atoms with Gasteiger partial charge in [-0.25, -0.2) is 4.98 Å². The van der Waals surface area contributed by atoms with Crippen LogP contribution < -0.4 is 4.90 Å². The van der Waals surface area contributed by atoms with E-state index < -0.39 is 0 Å². The van der Waals surface area contributed by atoms with Gasteiger partial charge in [-0.1, -0.05) is 33.8 Å². The molecule has 3 nitrogen and oxygen atoms in total. The Balaban J connectivity index is 2.82. The first-order valence-corrected chi connectivity index (χ1v) is 7.76. The van der Waals surface area contributed by atoms with Gasteiger partial charge >= 0.3 is 0 Å². The first-order valence-electron chi connectivity index (χ1n) is 7.76. The molecule has 114 valence electrons. The Hall–Kier alpha value is -1.09. The predicted molar refractivity (Wildman–Crippen MR) is 86.0 cm³/mol. The Morgan fingerprint density at radius 3 is 2.00 bits per heavy atom. The molecule has 1 N–H and O–H groups in total. The van der Waals surface area contributed by atoms with Gasteiger partial charge in [-0.15, -0.1) is 0 Å². The van der Waals surface area contributed by atoms with Crippen LogP contribution in [0.4, 0.5) is 5.82 Å². The quantitative estimate of drug-likeness (QED) is 0.786. The van der Waals surface area contributed by atoms with Crippen molar-refractivity contribution in [3.05, 3.63) is 23.4 Å². The highest BCUT2D eigenvalue weighted by Crippen LogP contribution is 2.18. The Morgan fingerprint density at radius 2 is 1.60 bits per heavy atom. The van der Waals surface area contributed by atoms with Crippen LogP contribution in [0.1, 0.15) is 51.8 Å². The van der Waals surface area contributed by atoms with E-state index in [2.05, 4.69) is 37.6 Å². The molecule has 0 aliphatic rings. The van der Waals surface area contributed by atoms with Crippen LogP contribution in [0.2, 0.25) is 0 Å². The average Bonchev–Trinajstić information content (AvgIpc) is 2.38. The lowest BCUT2D eigenvalue weighted by molar-refractivity contribution is 0.280. The van der Waals surface area contributed by atoms with Crippen LogP contribution in [0.15, 0.2) is 12.1 Å². The van der Waals surface area contributed by atoms with E-state index in [1.807, 2.05) is 19.1 Å². The Bertz CT molecular complexity index is 390. The van der Waals surface area contributed by atoms with Crippen molar-refractivity contribution in [1.82, 2.24) is 4.98 Å². The van der Waals surface area contributed by atoms with Crippen molar-refractivity contribution in [1.29, 1.82) is 0 Å². The van der Waals surface area contributed by atoms with Crippen molar-refractivity contribution < 1.29 is 5.11 Å². The third kappa shape index (κ3) is 5.49. The maximum Gasteiger partial charge on any atom is 0.128 e. The van der Waals surface area contributed by atoms with Crippen LogP contribution in [0.3, 0.4) is 0 Å². The average molecular weight is 278 g/mol. The van der Waals surface area contributed by atoms with Gasteiger partial charge < -0.3 is 10.0 Å². The highest BCUT2D eigenvalue weighted by Gasteiger charge is 2.11. The molecule has 0 radical (unpaired) electrons. The van der Waals surface area contributed by atoms with E-state index in [4.69, 9.17) is 0 Å². The van der Waals surface area contributed by atoms with Crippen LogP contribution in [0.25, 0.3) is 0 Å². The molecule has 3 heteroatoms. The molecule has 0 aliphatic carbocycles. The molecule has 1 heterocycles. The number of anilines is 1. The number of aliphatic hydroxyl groups excluding tert-OH is 1. The topological polar surface area (TPSA) is 36.4 Å². The summed E-state index contributed by atoms with van der Waals surface area (Å²) in [7, 11) is 0. The van der Waals surface area contributed by atoms with E-state index in [0.29, 0.717) is 11.8 Å². The van der Waals surface area contributed by atoms with Gasteiger partial charge in [0.25, 0.3) is 0 Å². The highest BCUT2D eigenvalue weighted by atomic mass is 16.3. The number of pyridine rings is 1. The fourth-order valence-electron chi connectivity index (χ4n) is 2.09. The Kier molecular flexibility index (Phi) is 7.00. The normalized spacial score (nSPS) is 11.4. The van der Waals surface area contributed by atoms with Gasteiger partial charge in [0.2, 0.25) is 0 Å². The van der Waals surface area contributed by atoms with Crippen LogP contribution >= 0.6 is 0 Å². The smallest absolute Gasteiger partial charge is 0.128 e. The molecular weight excluding hydrogens is 248 g/mol. The summed E-state index contributed by atoms with van der Waals surface area (Å²) in [6, 6.07) is 4.04. The Labute approximate surface area is 124 Å². The molecule has 0 spiro atoms. The standard InChI is InChI=1S/C17H30N2O/c1-13(2)8-10-19(11-9-14(3)4)17-7-6-16(12-20)15(5)18-17/h6-7,13-14,20H,8-12H2,1-5H3. The summed E-state index contributed by atoms with van der Waals surface area (Å²) in [6.45, 7) is 13.2. The zero-order valence-corrected chi connectivity index (χ0v) is 13.7. The van der Waals surface area contributed by atoms with Gasteiger partial charge in [0, 0.05) is 18.8 Å². The van der Waals surface area contributed by atoms with Gasteiger partial charge in [-0.3, -0.25) is 0 Å². The summed E-state index contributed by atoms with van der Waals surface area (Å²) in [5.41, 5.74) is 1.85. The lowest BCUT2D eigenvalue weighted by atomic mass is 10.1. The van der Waals surface area contributed by atoms with Crippen molar-refractivity contribution in [2.75, 3.05) is 18.0 Å². The fourth-order valence-corrected chi connectivity index (χ4v) is 2.09. The second-order valence-corrected chi connectivity index (χ2v) is 6.42. The molecular formula is C17H30N2O. The van der Waals surface area contributed by atoms with Crippen molar-refractivity contribution in [2.45, 2.75) is 54.1 Å². The first-order chi connectivity index (χ1) is 9.43. The lowest BCUT2D eigenvalue weighted by Gasteiger charge is -2.26. The van der Waals surface area contributed by atoms with E-state index >= 15 is 0 Å². The number of aryl methyl sites for hydroxylation is 1. The van der Waals surface area contributed by atoms with Crippen molar-refractivity contribution in [3.8, 4) is 0 Å². The molecule has 0 atom stereocenters. The van der Waals surface area contributed by atoms with Gasteiger partial charge in [-0.05, 0) is 43.2 Å². The third-order valence-corrected chi connectivity index (χ3v) is 3.63. The number of aliphatic hydroxyl groups is 1. The minimum atomic E-state index is 0.0666. The van der Waals surface area contributed by atoms with Crippen LogP contribution in [-0.2, 0) is 6.61 Å². The van der Waals surface area contributed by atoms with Crippen LogP contribution in [-0.4, -0.2) is 23.2 Å². The second kappa shape index (κ2) is 8.25. The van der Waals surface area contributed by atoms with Crippen LogP contribution in [0, 0.1) is 18.8 Å². The molecule has 0 saturated carbocycles. The molecule has 0 amide bonds. The summed E-state index contributed by atoms with van der Waals surface area (Å²) >= 11 is 0. The predicted octanol–water partition coefficient (Wildman–Crippen LogP) is 3.78. The summed E-state index contributed by atoms with van der Waals surface area (Å²) in [5, 5.41) is 9.25. The molecule has 20 heavy (non-hydrogen) atoms. The molecule has 0 aliphatic heterocycles. The summed E-state index contributed by atoms with van der Waals surface area (Å²) < 4.78 is 0. The zero-order chi connectivity index (χ0) is 15.1. The van der Waals surface area contributed by atoms with Gasteiger partial charge in [0.1, 0.15) is 5.82 Å². The van der Waals surface area contributed by atoms with Gasteiger partial charge in [0.15, 0.2) is 0 Å². The second-order valence-electron chi connectivity index (χ2n) is 6.42. The molecule has 1 aromatic heterocycles. The van der Waals surface area contributed by atoms with E-state index in [1.54, 1.807) is 0 Å². The molecule has 0 fully saturated rings.